The SMILES string of the molecule is CC(C)(C)c1ccc(C(O)(c2ccccc2)C(CO)(CO)CO)cc1. The first kappa shape index (κ1) is 19.6. The van der Waals surface area contributed by atoms with Gasteiger partial charge in [-0.15, -0.1) is 0 Å². The third kappa shape index (κ3) is 3.35. The van der Waals surface area contributed by atoms with Crippen molar-refractivity contribution in [3.63, 3.8) is 0 Å². The average Bonchev–Trinajstić information content (AvgIpc) is 2.63. The Labute approximate surface area is 149 Å². The van der Waals surface area contributed by atoms with Crippen molar-refractivity contribution in [1.82, 2.24) is 0 Å². The van der Waals surface area contributed by atoms with Crippen molar-refractivity contribution in [2.45, 2.75) is 31.8 Å². The van der Waals surface area contributed by atoms with E-state index in [1.807, 2.05) is 18.2 Å². The van der Waals surface area contributed by atoms with Crippen molar-refractivity contribution >= 4 is 0 Å². The highest BCUT2D eigenvalue weighted by molar-refractivity contribution is 5.41. The summed E-state index contributed by atoms with van der Waals surface area (Å²) in [6.45, 7) is 4.62. The van der Waals surface area contributed by atoms with Gasteiger partial charge in [-0.1, -0.05) is 75.4 Å². The molecule has 2 rings (SSSR count). The Morgan fingerprint density at radius 3 is 1.44 bits per heavy atom. The van der Waals surface area contributed by atoms with Gasteiger partial charge < -0.3 is 20.4 Å². The molecule has 0 amide bonds. The molecule has 0 bridgehead atoms. The normalized spacial score (nSPS) is 15.0. The minimum Gasteiger partial charge on any atom is -0.395 e. The second kappa shape index (κ2) is 7.26. The van der Waals surface area contributed by atoms with Gasteiger partial charge in [-0.2, -0.15) is 0 Å². The summed E-state index contributed by atoms with van der Waals surface area (Å²) in [5, 5.41) is 41.5. The second-order valence-electron chi connectivity index (χ2n) is 7.66. The molecule has 0 saturated carbocycles. The first-order valence-electron chi connectivity index (χ1n) is 8.47. The van der Waals surface area contributed by atoms with Gasteiger partial charge >= 0.3 is 0 Å². The molecular formula is C21H28O4. The number of benzene rings is 2. The third-order valence-corrected chi connectivity index (χ3v) is 5.04. The topological polar surface area (TPSA) is 80.9 Å². The fourth-order valence-electron chi connectivity index (χ4n) is 3.16. The van der Waals surface area contributed by atoms with E-state index in [0.717, 1.165) is 5.56 Å². The van der Waals surface area contributed by atoms with Crippen LogP contribution in [0.25, 0.3) is 0 Å². The monoisotopic (exact) mass is 344 g/mol. The average molecular weight is 344 g/mol. The van der Waals surface area contributed by atoms with Gasteiger partial charge in [-0.25, -0.2) is 0 Å². The molecule has 0 spiro atoms. The maximum Gasteiger partial charge on any atom is 0.127 e. The Kier molecular flexibility index (Phi) is 5.69. The van der Waals surface area contributed by atoms with E-state index in [0.29, 0.717) is 11.1 Å². The van der Waals surface area contributed by atoms with Crippen LogP contribution in [0.4, 0.5) is 0 Å². The summed E-state index contributed by atoms with van der Waals surface area (Å²) in [6, 6.07) is 16.3. The molecule has 0 heterocycles. The van der Waals surface area contributed by atoms with Crippen LogP contribution in [-0.2, 0) is 11.0 Å². The smallest absolute Gasteiger partial charge is 0.127 e. The van der Waals surface area contributed by atoms with Crippen molar-refractivity contribution in [1.29, 1.82) is 0 Å². The predicted molar refractivity (Wildman–Crippen MR) is 98.3 cm³/mol. The van der Waals surface area contributed by atoms with Crippen LogP contribution in [0.1, 0.15) is 37.5 Å². The van der Waals surface area contributed by atoms with E-state index in [2.05, 4.69) is 20.8 Å². The number of hydrogen-bond acceptors (Lipinski definition) is 4. The van der Waals surface area contributed by atoms with Crippen LogP contribution in [0, 0.1) is 5.41 Å². The van der Waals surface area contributed by atoms with Crippen molar-refractivity contribution in [2.75, 3.05) is 19.8 Å². The minimum absolute atomic E-state index is 0.0363. The standard InChI is InChI=1S/C21H28O4/c1-19(2,3)16-9-11-18(12-10-16)21(25,17-7-5-4-6-8-17)20(13-22,14-23)15-24/h4-12,22-25H,13-15H2,1-3H3. The van der Waals surface area contributed by atoms with Gasteiger partial charge in [0.05, 0.1) is 25.2 Å². The highest BCUT2D eigenvalue weighted by Gasteiger charge is 2.52. The summed E-state index contributed by atoms with van der Waals surface area (Å²) in [5.74, 6) is 0. The van der Waals surface area contributed by atoms with Crippen molar-refractivity contribution in [2.24, 2.45) is 5.41 Å². The lowest BCUT2D eigenvalue weighted by Gasteiger charge is -2.45. The number of hydrogen-bond donors (Lipinski definition) is 4. The molecule has 0 aromatic heterocycles. The summed E-state index contributed by atoms with van der Waals surface area (Å²) < 4.78 is 0. The minimum atomic E-state index is -1.73. The number of aliphatic hydroxyl groups excluding tert-OH is 3. The fourth-order valence-corrected chi connectivity index (χ4v) is 3.16. The zero-order valence-electron chi connectivity index (χ0n) is 15.1. The summed E-state index contributed by atoms with van der Waals surface area (Å²) in [4.78, 5) is 0. The number of rotatable bonds is 6. The quantitative estimate of drug-likeness (QED) is 0.647. The van der Waals surface area contributed by atoms with Gasteiger partial charge in [0.2, 0.25) is 0 Å². The van der Waals surface area contributed by atoms with Crippen LogP contribution >= 0.6 is 0 Å². The van der Waals surface area contributed by atoms with Gasteiger partial charge in [0.15, 0.2) is 0 Å². The van der Waals surface area contributed by atoms with Crippen molar-refractivity contribution < 1.29 is 20.4 Å². The lowest BCUT2D eigenvalue weighted by Crippen LogP contribution is -2.54. The molecule has 2 aromatic rings. The maximum atomic E-state index is 11.7. The van der Waals surface area contributed by atoms with Crippen LogP contribution in [0.3, 0.4) is 0 Å². The van der Waals surface area contributed by atoms with Crippen LogP contribution in [-0.4, -0.2) is 40.2 Å². The van der Waals surface area contributed by atoms with Crippen molar-refractivity contribution in [3.05, 3.63) is 71.3 Å². The van der Waals surface area contributed by atoms with Gasteiger partial charge in [0, 0.05) is 0 Å². The third-order valence-electron chi connectivity index (χ3n) is 5.04. The van der Waals surface area contributed by atoms with Gasteiger partial charge in [0.25, 0.3) is 0 Å². The molecule has 1 atom stereocenters. The molecule has 0 aliphatic rings. The van der Waals surface area contributed by atoms with Gasteiger partial charge in [-0.3, -0.25) is 0 Å². The molecule has 136 valence electrons. The maximum absolute atomic E-state index is 11.7. The first-order valence-corrected chi connectivity index (χ1v) is 8.47. The zero-order chi connectivity index (χ0) is 18.7. The Hall–Kier alpha value is -1.72. The lowest BCUT2D eigenvalue weighted by molar-refractivity contribution is -0.136. The molecule has 0 radical (unpaired) electrons. The van der Waals surface area contributed by atoms with Crippen LogP contribution in [0.2, 0.25) is 0 Å². The molecule has 0 fully saturated rings. The fraction of sp³-hybridized carbons (Fsp3) is 0.429. The van der Waals surface area contributed by atoms with Crippen LogP contribution < -0.4 is 0 Å². The summed E-state index contributed by atoms with van der Waals surface area (Å²) in [7, 11) is 0. The molecule has 4 N–H and O–H groups in total. The molecule has 1 unspecified atom stereocenters. The first-order chi connectivity index (χ1) is 11.7. The lowest BCUT2D eigenvalue weighted by atomic mass is 9.65. The number of aliphatic hydroxyl groups is 4. The molecular weight excluding hydrogens is 316 g/mol. The van der Waals surface area contributed by atoms with Gasteiger partial charge in [0.1, 0.15) is 5.60 Å². The molecule has 4 heteroatoms. The molecule has 0 saturated heterocycles. The van der Waals surface area contributed by atoms with E-state index in [9.17, 15) is 20.4 Å². The molecule has 0 aliphatic carbocycles. The van der Waals surface area contributed by atoms with Crippen molar-refractivity contribution in [3.8, 4) is 0 Å². The summed E-state index contributed by atoms with van der Waals surface area (Å²) in [5.41, 5.74) is -1.15. The van der Waals surface area contributed by atoms with E-state index in [1.54, 1.807) is 36.4 Å². The Bertz CT molecular complexity index is 661. The van der Waals surface area contributed by atoms with E-state index >= 15 is 0 Å². The Morgan fingerprint density at radius 1 is 0.640 bits per heavy atom. The summed E-state index contributed by atoms with van der Waals surface area (Å²) in [6.07, 6.45) is 0. The predicted octanol–water partition coefficient (Wildman–Crippen LogP) is 2.18. The Morgan fingerprint density at radius 2 is 1.04 bits per heavy atom. The molecule has 0 aliphatic heterocycles. The largest absolute Gasteiger partial charge is 0.395 e. The molecule has 4 nitrogen and oxygen atoms in total. The summed E-state index contributed by atoms with van der Waals surface area (Å²) >= 11 is 0. The van der Waals surface area contributed by atoms with Crippen LogP contribution in [0.5, 0.6) is 0 Å². The van der Waals surface area contributed by atoms with Crippen LogP contribution in [0.15, 0.2) is 54.6 Å². The second-order valence-corrected chi connectivity index (χ2v) is 7.66. The highest BCUT2D eigenvalue weighted by Crippen LogP contribution is 2.45. The van der Waals surface area contributed by atoms with E-state index in [1.165, 1.54) is 0 Å². The van der Waals surface area contributed by atoms with E-state index in [-0.39, 0.29) is 5.41 Å². The van der Waals surface area contributed by atoms with E-state index in [4.69, 9.17) is 0 Å². The zero-order valence-corrected chi connectivity index (χ0v) is 15.1. The molecule has 2 aromatic carbocycles. The van der Waals surface area contributed by atoms with E-state index < -0.39 is 30.8 Å². The molecule has 25 heavy (non-hydrogen) atoms. The highest BCUT2D eigenvalue weighted by atomic mass is 16.3. The Balaban J connectivity index is 2.68. The van der Waals surface area contributed by atoms with Gasteiger partial charge in [-0.05, 0) is 22.1 Å².